The minimum absolute atomic E-state index is 0.269. The summed E-state index contributed by atoms with van der Waals surface area (Å²) < 4.78 is 28.3. The number of sulfone groups is 1. The van der Waals surface area contributed by atoms with Gasteiger partial charge in [-0.15, -0.1) is 0 Å². The Morgan fingerprint density at radius 1 is 1.15 bits per heavy atom. The van der Waals surface area contributed by atoms with Crippen LogP contribution >= 0.6 is 0 Å². The molecule has 0 radical (unpaired) electrons. The maximum atomic E-state index is 11.7. The van der Waals surface area contributed by atoms with Crippen LogP contribution in [0.1, 0.15) is 21.7 Å². The highest BCUT2D eigenvalue weighted by Crippen LogP contribution is 2.16. The first-order valence-electron chi connectivity index (χ1n) is 8.37. The smallest absolute Gasteiger partial charge is 0.287 e. The van der Waals surface area contributed by atoms with Crippen molar-refractivity contribution in [2.75, 3.05) is 26.4 Å². The van der Waals surface area contributed by atoms with E-state index in [1.807, 2.05) is 6.07 Å². The minimum Gasteiger partial charge on any atom is -0.459 e. The number of aliphatic imine (C=N–C) groups is 1. The highest BCUT2D eigenvalue weighted by atomic mass is 32.2. The normalized spacial score (nSPS) is 11.9. The van der Waals surface area contributed by atoms with Crippen LogP contribution in [0.4, 0.5) is 0 Å². The Hall–Kier alpha value is -2.81. The average molecular weight is 392 g/mol. The third kappa shape index (κ3) is 6.14. The number of nitrogens with zero attached hydrogens (tertiary/aromatic N) is 1. The second kappa shape index (κ2) is 9.22. The van der Waals surface area contributed by atoms with Crippen molar-refractivity contribution >= 4 is 21.7 Å². The minimum atomic E-state index is -3.22. The van der Waals surface area contributed by atoms with E-state index in [0.29, 0.717) is 36.1 Å². The Morgan fingerprint density at radius 3 is 2.48 bits per heavy atom. The molecule has 146 valence electrons. The Labute approximate surface area is 159 Å². The lowest BCUT2D eigenvalue weighted by atomic mass is 10.1. The second-order valence-corrected chi connectivity index (χ2v) is 7.94. The first-order chi connectivity index (χ1) is 12.8. The fraction of sp³-hybridized carbons (Fsp3) is 0.333. The van der Waals surface area contributed by atoms with E-state index in [4.69, 9.17) is 4.42 Å². The van der Waals surface area contributed by atoms with Gasteiger partial charge in [0.15, 0.2) is 21.6 Å². The van der Waals surface area contributed by atoms with Crippen LogP contribution in [0.5, 0.6) is 0 Å². The molecule has 1 aromatic heterocycles. The van der Waals surface area contributed by atoms with Gasteiger partial charge in [-0.1, -0.05) is 12.1 Å². The molecular formula is C18H24N4O4S. The van der Waals surface area contributed by atoms with Crippen molar-refractivity contribution in [3.63, 3.8) is 0 Å². The topological polar surface area (TPSA) is 113 Å². The van der Waals surface area contributed by atoms with Crippen LogP contribution in [0.2, 0.25) is 0 Å². The Bertz CT molecular complexity index is 905. The number of rotatable bonds is 7. The largest absolute Gasteiger partial charge is 0.459 e. The van der Waals surface area contributed by atoms with Crippen molar-refractivity contribution in [2.45, 2.75) is 18.4 Å². The number of amides is 1. The van der Waals surface area contributed by atoms with E-state index in [1.54, 1.807) is 38.2 Å². The Kier molecular flexibility index (Phi) is 7.00. The number of furan rings is 1. The third-order valence-corrected chi connectivity index (χ3v) is 5.03. The zero-order valence-corrected chi connectivity index (χ0v) is 16.4. The van der Waals surface area contributed by atoms with Gasteiger partial charge in [-0.25, -0.2) is 8.42 Å². The van der Waals surface area contributed by atoms with Gasteiger partial charge in [0.05, 0.1) is 11.2 Å². The molecule has 0 aliphatic rings. The van der Waals surface area contributed by atoms with Gasteiger partial charge in [0, 0.05) is 32.9 Å². The molecule has 27 heavy (non-hydrogen) atoms. The Morgan fingerprint density at radius 2 is 1.89 bits per heavy atom. The molecule has 1 aromatic carbocycles. The number of aryl methyl sites for hydroxylation is 1. The summed E-state index contributed by atoms with van der Waals surface area (Å²) in [6, 6.07) is 8.47. The van der Waals surface area contributed by atoms with E-state index in [9.17, 15) is 13.2 Å². The van der Waals surface area contributed by atoms with Crippen molar-refractivity contribution in [1.82, 2.24) is 16.0 Å². The number of carbonyl (C=O) groups excluding carboxylic acids is 1. The fourth-order valence-corrected chi connectivity index (χ4v) is 3.45. The molecular weight excluding hydrogens is 368 g/mol. The molecule has 1 heterocycles. The summed E-state index contributed by atoms with van der Waals surface area (Å²) in [7, 11) is -1.57. The summed E-state index contributed by atoms with van der Waals surface area (Å²) in [5.41, 5.74) is 1.65. The van der Waals surface area contributed by atoms with Crippen molar-refractivity contribution < 1.29 is 17.6 Å². The monoisotopic (exact) mass is 392 g/mol. The molecule has 0 bridgehead atoms. The number of guanidine groups is 1. The molecule has 0 spiro atoms. The molecule has 8 nitrogen and oxygen atoms in total. The van der Waals surface area contributed by atoms with Crippen molar-refractivity contribution in [3.05, 3.63) is 53.5 Å². The molecule has 0 fully saturated rings. The standard InChI is InChI=1S/C18H24N4O4S/c1-13-11-14(6-7-16(13)27(3,24)25)12-22-18(19-2)21-9-8-20-17(23)15-5-4-10-26-15/h4-7,10-11H,8-9,12H2,1-3H3,(H,20,23)(H2,19,21,22). The predicted molar refractivity (Wildman–Crippen MR) is 104 cm³/mol. The maximum absolute atomic E-state index is 11.7. The van der Waals surface area contributed by atoms with Crippen LogP contribution in [0.15, 0.2) is 50.9 Å². The number of benzene rings is 1. The summed E-state index contributed by atoms with van der Waals surface area (Å²) >= 11 is 0. The van der Waals surface area contributed by atoms with Gasteiger partial charge in [0.25, 0.3) is 5.91 Å². The highest BCUT2D eigenvalue weighted by molar-refractivity contribution is 7.90. The molecule has 1 amide bonds. The average Bonchev–Trinajstić information content (AvgIpc) is 3.14. The van der Waals surface area contributed by atoms with Gasteiger partial charge in [-0.2, -0.15) is 0 Å². The molecule has 0 unspecified atom stereocenters. The predicted octanol–water partition coefficient (Wildman–Crippen LogP) is 1.09. The molecule has 0 aliphatic carbocycles. The van der Waals surface area contributed by atoms with E-state index >= 15 is 0 Å². The molecule has 0 aliphatic heterocycles. The van der Waals surface area contributed by atoms with E-state index in [-0.39, 0.29) is 11.7 Å². The van der Waals surface area contributed by atoms with E-state index in [1.165, 1.54) is 12.5 Å². The molecule has 2 rings (SSSR count). The van der Waals surface area contributed by atoms with Gasteiger partial charge in [0.1, 0.15) is 0 Å². The van der Waals surface area contributed by atoms with Crippen LogP contribution < -0.4 is 16.0 Å². The highest BCUT2D eigenvalue weighted by Gasteiger charge is 2.11. The number of nitrogens with one attached hydrogen (secondary N) is 3. The fourth-order valence-electron chi connectivity index (χ4n) is 2.50. The summed E-state index contributed by atoms with van der Waals surface area (Å²) in [5.74, 6) is 0.573. The summed E-state index contributed by atoms with van der Waals surface area (Å²) in [6.07, 6.45) is 2.65. The lowest BCUT2D eigenvalue weighted by Crippen LogP contribution is -2.41. The zero-order chi connectivity index (χ0) is 19.9. The van der Waals surface area contributed by atoms with Gasteiger partial charge in [-0.05, 0) is 36.2 Å². The quantitative estimate of drug-likeness (QED) is 0.369. The van der Waals surface area contributed by atoms with Gasteiger partial charge < -0.3 is 20.4 Å². The van der Waals surface area contributed by atoms with Crippen LogP contribution in [0, 0.1) is 6.92 Å². The number of hydrogen-bond donors (Lipinski definition) is 3. The molecule has 9 heteroatoms. The Balaban J connectivity index is 1.78. The van der Waals surface area contributed by atoms with Gasteiger partial charge in [-0.3, -0.25) is 9.79 Å². The third-order valence-electron chi connectivity index (χ3n) is 3.77. The zero-order valence-electron chi connectivity index (χ0n) is 15.6. The lowest BCUT2D eigenvalue weighted by molar-refractivity contribution is 0.0926. The summed E-state index contributed by atoms with van der Waals surface area (Å²) in [4.78, 5) is 16.2. The van der Waals surface area contributed by atoms with E-state index in [2.05, 4.69) is 20.9 Å². The van der Waals surface area contributed by atoms with Crippen molar-refractivity contribution in [2.24, 2.45) is 4.99 Å². The maximum Gasteiger partial charge on any atom is 0.287 e. The first-order valence-corrected chi connectivity index (χ1v) is 10.3. The molecule has 2 aromatic rings. The van der Waals surface area contributed by atoms with E-state index in [0.717, 1.165) is 5.56 Å². The lowest BCUT2D eigenvalue weighted by Gasteiger charge is -2.13. The van der Waals surface area contributed by atoms with Crippen molar-refractivity contribution in [1.29, 1.82) is 0 Å². The summed E-state index contributed by atoms with van der Waals surface area (Å²) in [5, 5.41) is 8.96. The van der Waals surface area contributed by atoms with Crippen LogP contribution in [0.3, 0.4) is 0 Å². The second-order valence-electron chi connectivity index (χ2n) is 5.96. The van der Waals surface area contributed by atoms with E-state index < -0.39 is 9.84 Å². The molecule has 0 atom stereocenters. The van der Waals surface area contributed by atoms with Crippen LogP contribution in [0.25, 0.3) is 0 Å². The number of carbonyl (C=O) groups is 1. The molecule has 0 saturated carbocycles. The first kappa shape index (κ1) is 20.5. The van der Waals surface area contributed by atoms with Crippen molar-refractivity contribution in [3.8, 4) is 0 Å². The molecule has 0 saturated heterocycles. The number of hydrogen-bond acceptors (Lipinski definition) is 5. The van der Waals surface area contributed by atoms with Crippen LogP contribution in [-0.2, 0) is 16.4 Å². The van der Waals surface area contributed by atoms with Gasteiger partial charge >= 0.3 is 0 Å². The molecule has 3 N–H and O–H groups in total. The summed E-state index contributed by atoms with van der Waals surface area (Å²) in [6.45, 7) is 3.15. The van der Waals surface area contributed by atoms with Gasteiger partial charge in [0.2, 0.25) is 0 Å². The SMILES string of the molecule is CN=C(NCCNC(=O)c1ccco1)NCc1ccc(S(C)(=O)=O)c(C)c1. The van der Waals surface area contributed by atoms with Crippen LogP contribution in [-0.4, -0.2) is 46.7 Å².